The molecule has 1 fully saturated rings. The summed E-state index contributed by atoms with van der Waals surface area (Å²) in [6, 6.07) is 20.6. The van der Waals surface area contributed by atoms with Crippen molar-refractivity contribution in [3.05, 3.63) is 77.5 Å². The fraction of sp³-hybridized carbons (Fsp3) is 0.321. The van der Waals surface area contributed by atoms with Crippen LogP contribution in [0.5, 0.6) is 0 Å². The van der Waals surface area contributed by atoms with Gasteiger partial charge in [0.05, 0.1) is 5.69 Å². The molecule has 0 amide bonds. The summed E-state index contributed by atoms with van der Waals surface area (Å²) in [5.74, 6) is 0.714. The standard InChI is InChI=1S/C28H27N/c1-28(2)24-17-21(18-8-4-3-5-9-18)16-20-14-15-29-27(25(20)24)23-13-12-19-10-6-7-11-22(19)26(23)28/h6-7,10-18H,3-5,8-9H2,1-2H3. The van der Waals surface area contributed by atoms with Gasteiger partial charge in [-0.3, -0.25) is 4.98 Å². The molecule has 144 valence electrons. The highest BCUT2D eigenvalue weighted by Gasteiger charge is 2.36. The Bertz CT molecular complexity index is 1260. The number of benzene rings is 3. The van der Waals surface area contributed by atoms with Gasteiger partial charge in [-0.25, -0.2) is 0 Å². The van der Waals surface area contributed by atoms with Gasteiger partial charge in [0.1, 0.15) is 0 Å². The van der Waals surface area contributed by atoms with Crippen molar-refractivity contribution in [3.63, 3.8) is 0 Å². The quantitative estimate of drug-likeness (QED) is 0.330. The van der Waals surface area contributed by atoms with E-state index in [1.54, 1.807) is 5.56 Å². The van der Waals surface area contributed by atoms with Crippen molar-refractivity contribution in [2.75, 3.05) is 0 Å². The number of nitrogens with zero attached hydrogens (tertiary/aromatic N) is 1. The van der Waals surface area contributed by atoms with Crippen LogP contribution < -0.4 is 0 Å². The van der Waals surface area contributed by atoms with Gasteiger partial charge in [0.15, 0.2) is 0 Å². The van der Waals surface area contributed by atoms with Crippen LogP contribution in [0, 0.1) is 0 Å². The van der Waals surface area contributed by atoms with E-state index in [9.17, 15) is 0 Å². The van der Waals surface area contributed by atoms with E-state index < -0.39 is 0 Å². The SMILES string of the molecule is CC1(C)c2c(ccc3ccccc23)-c2nccc3cc(C4CCCCC4)cc1c23. The predicted molar refractivity (Wildman–Crippen MR) is 123 cm³/mol. The van der Waals surface area contributed by atoms with Crippen molar-refractivity contribution >= 4 is 21.5 Å². The minimum Gasteiger partial charge on any atom is -0.256 e. The van der Waals surface area contributed by atoms with Crippen molar-refractivity contribution in [3.8, 4) is 11.3 Å². The van der Waals surface area contributed by atoms with Crippen molar-refractivity contribution < 1.29 is 0 Å². The van der Waals surface area contributed by atoms with Crippen LogP contribution in [0.25, 0.3) is 32.8 Å². The molecule has 0 N–H and O–H groups in total. The van der Waals surface area contributed by atoms with Gasteiger partial charge >= 0.3 is 0 Å². The molecule has 1 heteroatoms. The molecule has 2 aliphatic rings. The van der Waals surface area contributed by atoms with E-state index in [0.717, 1.165) is 5.69 Å². The lowest BCUT2D eigenvalue weighted by Crippen LogP contribution is -2.25. The largest absolute Gasteiger partial charge is 0.256 e. The Kier molecular flexibility index (Phi) is 3.66. The van der Waals surface area contributed by atoms with Crippen LogP contribution >= 0.6 is 0 Å². The van der Waals surface area contributed by atoms with Gasteiger partial charge < -0.3 is 0 Å². The van der Waals surface area contributed by atoms with E-state index in [1.165, 1.54) is 70.3 Å². The van der Waals surface area contributed by atoms with Gasteiger partial charge in [-0.2, -0.15) is 0 Å². The maximum Gasteiger partial charge on any atom is 0.0786 e. The smallest absolute Gasteiger partial charge is 0.0786 e. The Hall–Kier alpha value is -2.67. The number of hydrogen-bond donors (Lipinski definition) is 0. The van der Waals surface area contributed by atoms with Crippen molar-refractivity contribution in [1.82, 2.24) is 4.98 Å². The summed E-state index contributed by atoms with van der Waals surface area (Å²) in [5, 5.41) is 5.40. The lowest BCUT2D eigenvalue weighted by molar-refractivity contribution is 0.443. The maximum atomic E-state index is 4.89. The summed E-state index contributed by atoms with van der Waals surface area (Å²) >= 11 is 0. The van der Waals surface area contributed by atoms with Gasteiger partial charge in [-0.15, -0.1) is 0 Å². The first kappa shape index (κ1) is 17.2. The summed E-state index contributed by atoms with van der Waals surface area (Å²) in [6.07, 6.45) is 8.82. The van der Waals surface area contributed by atoms with Crippen molar-refractivity contribution in [2.45, 2.75) is 57.3 Å². The van der Waals surface area contributed by atoms with Crippen LogP contribution in [0.2, 0.25) is 0 Å². The lowest BCUT2D eigenvalue weighted by atomic mass is 9.67. The second-order valence-electron chi connectivity index (χ2n) is 9.50. The van der Waals surface area contributed by atoms with Gasteiger partial charge in [0, 0.05) is 22.6 Å². The Balaban J connectivity index is 1.70. The molecule has 0 bridgehead atoms. The zero-order valence-corrected chi connectivity index (χ0v) is 17.3. The van der Waals surface area contributed by atoms with E-state index >= 15 is 0 Å². The first-order valence-electron chi connectivity index (χ1n) is 11.1. The molecule has 0 spiro atoms. The molecular formula is C28H27N. The van der Waals surface area contributed by atoms with Gasteiger partial charge in [0.2, 0.25) is 0 Å². The summed E-state index contributed by atoms with van der Waals surface area (Å²) in [5.41, 5.74) is 6.85. The highest BCUT2D eigenvalue weighted by molar-refractivity contribution is 6.05. The monoisotopic (exact) mass is 377 g/mol. The molecule has 3 aromatic carbocycles. The molecule has 0 saturated heterocycles. The first-order chi connectivity index (χ1) is 14.1. The van der Waals surface area contributed by atoms with Crippen LogP contribution in [0.3, 0.4) is 0 Å². The number of rotatable bonds is 1. The average molecular weight is 378 g/mol. The van der Waals surface area contributed by atoms with E-state index in [-0.39, 0.29) is 5.41 Å². The Morgan fingerprint density at radius 1 is 0.862 bits per heavy atom. The molecule has 6 rings (SSSR count). The average Bonchev–Trinajstić information content (AvgIpc) is 2.77. The van der Waals surface area contributed by atoms with Gasteiger partial charge in [-0.05, 0) is 57.7 Å². The summed E-state index contributed by atoms with van der Waals surface area (Å²) < 4.78 is 0. The van der Waals surface area contributed by atoms with Crippen molar-refractivity contribution in [2.24, 2.45) is 0 Å². The van der Waals surface area contributed by atoms with Crippen LogP contribution in [-0.2, 0) is 5.41 Å². The third kappa shape index (κ3) is 2.43. The fourth-order valence-electron chi connectivity index (χ4n) is 5.99. The maximum absolute atomic E-state index is 4.89. The molecular weight excluding hydrogens is 350 g/mol. The van der Waals surface area contributed by atoms with Crippen LogP contribution in [0.15, 0.2) is 60.8 Å². The molecule has 29 heavy (non-hydrogen) atoms. The molecule has 4 aromatic rings. The summed E-state index contributed by atoms with van der Waals surface area (Å²) in [7, 11) is 0. The first-order valence-corrected chi connectivity index (χ1v) is 11.1. The minimum atomic E-state index is -0.0465. The number of pyridine rings is 1. The zero-order chi connectivity index (χ0) is 19.6. The Morgan fingerprint density at radius 2 is 1.69 bits per heavy atom. The summed E-state index contributed by atoms with van der Waals surface area (Å²) in [6.45, 7) is 4.82. The predicted octanol–water partition coefficient (Wildman–Crippen LogP) is 7.74. The van der Waals surface area contributed by atoms with Crippen LogP contribution in [-0.4, -0.2) is 4.98 Å². The van der Waals surface area contributed by atoms with E-state index in [2.05, 4.69) is 68.4 Å². The zero-order valence-electron chi connectivity index (χ0n) is 17.3. The molecule has 1 heterocycles. The molecule has 0 atom stereocenters. The molecule has 0 unspecified atom stereocenters. The summed E-state index contributed by atoms with van der Waals surface area (Å²) in [4.78, 5) is 4.89. The van der Waals surface area contributed by atoms with Crippen LogP contribution in [0.1, 0.15) is 68.6 Å². The second kappa shape index (κ2) is 6.16. The number of aromatic nitrogens is 1. The normalized spacial score (nSPS) is 18.1. The van der Waals surface area contributed by atoms with E-state index in [0.29, 0.717) is 5.92 Å². The number of fused-ring (bicyclic) bond motifs is 4. The van der Waals surface area contributed by atoms with Crippen molar-refractivity contribution in [1.29, 1.82) is 0 Å². The van der Waals surface area contributed by atoms with Gasteiger partial charge in [-0.1, -0.05) is 81.6 Å². The molecule has 2 aliphatic carbocycles. The van der Waals surface area contributed by atoms with Crippen LogP contribution in [0.4, 0.5) is 0 Å². The molecule has 0 aliphatic heterocycles. The molecule has 1 aromatic heterocycles. The van der Waals surface area contributed by atoms with Gasteiger partial charge in [0.25, 0.3) is 0 Å². The minimum absolute atomic E-state index is 0.0465. The highest BCUT2D eigenvalue weighted by atomic mass is 14.7. The molecule has 1 saturated carbocycles. The van der Waals surface area contributed by atoms with E-state index in [1.807, 2.05) is 6.20 Å². The third-order valence-corrected chi connectivity index (χ3v) is 7.44. The topological polar surface area (TPSA) is 12.9 Å². The molecule has 1 nitrogen and oxygen atoms in total. The Morgan fingerprint density at radius 3 is 2.55 bits per heavy atom. The number of hydrogen-bond acceptors (Lipinski definition) is 1. The highest BCUT2D eigenvalue weighted by Crippen LogP contribution is 2.51. The lowest BCUT2D eigenvalue weighted by Gasteiger charge is -2.36. The second-order valence-corrected chi connectivity index (χ2v) is 9.50. The fourth-order valence-corrected chi connectivity index (χ4v) is 5.99. The third-order valence-electron chi connectivity index (χ3n) is 7.44. The van der Waals surface area contributed by atoms with E-state index in [4.69, 9.17) is 4.98 Å². The Labute approximate surface area is 172 Å². The molecule has 0 radical (unpaired) electrons.